The molecule has 1 heterocycles. The number of nitrogens with zero attached hydrogens (tertiary/aromatic N) is 2. The van der Waals surface area contributed by atoms with Crippen LogP contribution in [0.1, 0.15) is 58.0 Å². The van der Waals surface area contributed by atoms with Crippen molar-refractivity contribution in [1.29, 1.82) is 0 Å². The number of halogens is 1. The molecule has 0 N–H and O–H groups in total. The Labute approximate surface area is 128 Å². The average Bonchev–Trinajstić information content (AvgIpc) is 2.36. The summed E-state index contributed by atoms with van der Waals surface area (Å²) in [5.74, 6) is 0. The molecular weight excluding hydrogens is 268 g/mol. The van der Waals surface area contributed by atoms with E-state index in [9.17, 15) is 0 Å². The Hall–Kier alpha value is -1.15. The summed E-state index contributed by atoms with van der Waals surface area (Å²) < 4.78 is 0. The van der Waals surface area contributed by atoms with Crippen LogP contribution in [0.25, 0.3) is 0 Å². The number of aliphatic imine (C=N–C) groups is 1. The van der Waals surface area contributed by atoms with Crippen molar-refractivity contribution in [1.82, 2.24) is 4.98 Å². The van der Waals surface area contributed by atoms with E-state index in [0.29, 0.717) is 6.54 Å². The Morgan fingerprint density at radius 1 is 1.35 bits per heavy atom. The first-order valence-corrected chi connectivity index (χ1v) is 7.57. The Balaban J connectivity index is 3.18. The quantitative estimate of drug-likeness (QED) is 0.691. The lowest BCUT2D eigenvalue weighted by molar-refractivity contribution is 0.564. The molecule has 2 nitrogen and oxygen atoms in total. The van der Waals surface area contributed by atoms with Crippen molar-refractivity contribution < 1.29 is 0 Å². The lowest BCUT2D eigenvalue weighted by Crippen LogP contribution is -2.16. The highest BCUT2D eigenvalue weighted by Gasteiger charge is 2.19. The molecule has 20 heavy (non-hydrogen) atoms. The second-order valence-corrected chi connectivity index (χ2v) is 6.34. The summed E-state index contributed by atoms with van der Waals surface area (Å²) in [6.45, 7) is 11.2. The summed E-state index contributed by atoms with van der Waals surface area (Å²) in [4.78, 5) is 9.20. The van der Waals surface area contributed by atoms with Gasteiger partial charge in [-0.25, -0.2) is 0 Å². The van der Waals surface area contributed by atoms with Gasteiger partial charge in [0.05, 0.1) is 12.2 Å². The molecule has 0 aliphatic rings. The van der Waals surface area contributed by atoms with E-state index in [1.165, 1.54) is 0 Å². The van der Waals surface area contributed by atoms with Crippen molar-refractivity contribution >= 4 is 17.8 Å². The minimum Gasteiger partial charge on any atom is -0.287 e. The van der Waals surface area contributed by atoms with Crippen LogP contribution in [0.4, 0.5) is 0 Å². The fourth-order valence-corrected chi connectivity index (χ4v) is 2.21. The van der Waals surface area contributed by atoms with E-state index in [4.69, 9.17) is 16.6 Å². The topological polar surface area (TPSA) is 25.2 Å². The van der Waals surface area contributed by atoms with Crippen LogP contribution in [0, 0.1) is 0 Å². The van der Waals surface area contributed by atoms with Crippen LogP contribution in [0.3, 0.4) is 0 Å². The van der Waals surface area contributed by atoms with Gasteiger partial charge in [0, 0.05) is 22.3 Å². The van der Waals surface area contributed by atoms with Crippen molar-refractivity contribution in [3.8, 4) is 0 Å². The lowest BCUT2D eigenvalue weighted by Gasteiger charge is -2.20. The fraction of sp³-hybridized carbons (Fsp3) is 0.529. The van der Waals surface area contributed by atoms with Gasteiger partial charge in [0.15, 0.2) is 0 Å². The van der Waals surface area contributed by atoms with Crippen molar-refractivity contribution in [3.63, 3.8) is 0 Å². The molecule has 110 valence electrons. The molecule has 3 heteroatoms. The maximum Gasteiger partial charge on any atom is 0.0815 e. The monoisotopic (exact) mass is 292 g/mol. The summed E-state index contributed by atoms with van der Waals surface area (Å²) in [5.41, 5.74) is 3.17. The SMILES string of the molecule is C/C=C\C=NCc1nc(C(C)(C)C)cc(Cl)c1CCC. The summed E-state index contributed by atoms with van der Waals surface area (Å²) in [5, 5.41) is 0.822. The van der Waals surface area contributed by atoms with Crippen molar-refractivity contribution in [3.05, 3.63) is 40.2 Å². The molecular formula is C17H25ClN2. The molecule has 0 aromatic carbocycles. The van der Waals surface area contributed by atoms with Gasteiger partial charge in [-0.2, -0.15) is 0 Å². The maximum absolute atomic E-state index is 6.45. The third-order valence-electron chi connectivity index (χ3n) is 3.05. The molecule has 0 atom stereocenters. The Kier molecular flexibility index (Phi) is 6.41. The van der Waals surface area contributed by atoms with E-state index >= 15 is 0 Å². The van der Waals surface area contributed by atoms with Crippen molar-refractivity contribution in [2.45, 2.75) is 59.4 Å². The fourth-order valence-electron chi connectivity index (χ4n) is 1.90. The number of hydrogen-bond acceptors (Lipinski definition) is 2. The van der Waals surface area contributed by atoms with Crippen LogP contribution < -0.4 is 0 Å². The first-order chi connectivity index (χ1) is 9.40. The van der Waals surface area contributed by atoms with E-state index in [-0.39, 0.29) is 5.41 Å². The molecule has 0 amide bonds. The number of hydrogen-bond donors (Lipinski definition) is 0. The Morgan fingerprint density at radius 3 is 2.60 bits per heavy atom. The van der Waals surface area contributed by atoms with Gasteiger partial charge in [-0.3, -0.25) is 9.98 Å². The second-order valence-electron chi connectivity index (χ2n) is 5.93. The highest BCUT2D eigenvalue weighted by Crippen LogP contribution is 2.28. The molecule has 0 aliphatic carbocycles. The summed E-state index contributed by atoms with van der Waals surface area (Å²) in [7, 11) is 0. The van der Waals surface area contributed by atoms with Gasteiger partial charge in [0.25, 0.3) is 0 Å². The van der Waals surface area contributed by atoms with Gasteiger partial charge in [-0.15, -0.1) is 0 Å². The zero-order chi connectivity index (χ0) is 15.2. The van der Waals surface area contributed by atoms with Gasteiger partial charge < -0.3 is 0 Å². The molecule has 0 spiro atoms. The molecule has 0 saturated carbocycles. The largest absolute Gasteiger partial charge is 0.287 e. The molecule has 1 rings (SSSR count). The first-order valence-electron chi connectivity index (χ1n) is 7.20. The van der Waals surface area contributed by atoms with E-state index in [0.717, 1.165) is 34.8 Å². The van der Waals surface area contributed by atoms with E-state index in [1.54, 1.807) is 0 Å². The molecule has 0 unspecified atom stereocenters. The summed E-state index contributed by atoms with van der Waals surface area (Å²) in [6, 6.07) is 2.01. The van der Waals surface area contributed by atoms with E-state index in [1.807, 2.05) is 31.4 Å². The van der Waals surface area contributed by atoms with Crippen LogP contribution in [0.5, 0.6) is 0 Å². The van der Waals surface area contributed by atoms with Crippen LogP contribution in [-0.2, 0) is 18.4 Å². The predicted octanol–water partition coefficient (Wildman–Crippen LogP) is 5.13. The number of aromatic nitrogens is 1. The Bertz CT molecular complexity index is 496. The first kappa shape index (κ1) is 16.9. The third kappa shape index (κ3) is 4.75. The molecule has 1 aromatic rings. The average molecular weight is 293 g/mol. The van der Waals surface area contributed by atoms with Gasteiger partial charge in [-0.05, 0) is 31.1 Å². The molecule has 0 radical (unpaired) electrons. The van der Waals surface area contributed by atoms with E-state index < -0.39 is 0 Å². The zero-order valence-electron chi connectivity index (χ0n) is 13.2. The van der Waals surface area contributed by atoms with E-state index in [2.05, 4.69) is 32.7 Å². The number of pyridine rings is 1. The minimum absolute atomic E-state index is 0.00380. The van der Waals surface area contributed by atoms with Gasteiger partial charge in [-0.1, -0.05) is 51.8 Å². The lowest BCUT2D eigenvalue weighted by atomic mass is 9.90. The maximum atomic E-state index is 6.45. The smallest absolute Gasteiger partial charge is 0.0815 e. The van der Waals surface area contributed by atoms with Gasteiger partial charge in [0.2, 0.25) is 0 Å². The normalized spacial score (nSPS) is 12.7. The van der Waals surface area contributed by atoms with Crippen molar-refractivity contribution in [2.75, 3.05) is 0 Å². The summed E-state index contributed by atoms with van der Waals surface area (Å²) in [6.07, 6.45) is 7.71. The molecule has 1 aromatic heterocycles. The highest BCUT2D eigenvalue weighted by atomic mass is 35.5. The second kappa shape index (κ2) is 7.58. The Morgan fingerprint density at radius 2 is 2.05 bits per heavy atom. The van der Waals surface area contributed by atoms with Crippen LogP contribution in [-0.4, -0.2) is 11.2 Å². The summed E-state index contributed by atoms with van der Waals surface area (Å²) >= 11 is 6.45. The van der Waals surface area contributed by atoms with Crippen LogP contribution >= 0.6 is 11.6 Å². The predicted molar refractivity (Wildman–Crippen MR) is 89.0 cm³/mol. The molecule has 0 aliphatic heterocycles. The van der Waals surface area contributed by atoms with Gasteiger partial charge in [0.1, 0.15) is 0 Å². The molecule has 0 saturated heterocycles. The number of allylic oxidation sites excluding steroid dienone is 2. The third-order valence-corrected chi connectivity index (χ3v) is 3.39. The van der Waals surface area contributed by atoms with Gasteiger partial charge >= 0.3 is 0 Å². The van der Waals surface area contributed by atoms with Crippen molar-refractivity contribution in [2.24, 2.45) is 4.99 Å². The minimum atomic E-state index is -0.00380. The standard InChI is InChI=1S/C17H25ClN2/c1-6-8-10-19-12-15-13(9-7-2)14(18)11-16(20-15)17(3,4)5/h6,8,10-11H,7,9,12H2,1-5H3/b8-6-,19-10?. The molecule has 0 bridgehead atoms. The van der Waals surface area contributed by atoms with Crippen LogP contribution in [0.15, 0.2) is 23.2 Å². The van der Waals surface area contributed by atoms with Crippen LogP contribution in [0.2, 0.25) is 5.02 Å². The highest BCUT2D eigenvalue weighted by molar-refractivity contribution is 6.31. The molecule has 0 fully saturated rings. The number of rotatable bonds is 5. The zero-order valence-corrected chi connectivity index (χ0v) is 14.0.